The van der Waals surface area contributed by atoms with E-state index >= 15 is 0 Å². The molecule has 0 radical (unpaired) electrons. The number of aromatic nitrogens is 2. The predicted octanol–water partition coefficient (Wildman–Crippen LogP) is 2.84. The van der Waals surface area contributed by atoms with Crippen LogP contribution in [0.5, 0.6) is 0 Å². The molecule has 1 heterocycles. The van der Waals surface area contributed by atoms with Crippen molar-refractivity contribution in [3.63, 3.8) is 0 Å². The predicted molar refractivity (Wildman–Crippen MR) is 49.5 cm³/mol. The lowest BCUT2D eigenvalue weighted by atomic mass is 10.4. The Balaban J connectivity index is 0. The monoisotopic (exact) mass is 154 g/mol. The van der Waals surface area contributed by atoms with Crippen LogP contribution in [0, 0.1) is 6.92 Å². The molecule has 0 bridgehead atoms. The molecule has 0 atom stereocenters. The van der Waals surface area contributed by atoms with E-state index in [4.69, 9.17) is 0 Å². The maximum atomic E-state index is 3.63. The Bertz CT molecular complexity index is 137. The van der Waals surface area contributed by atoms with Crippen molar-refractivity contribution in [2.24, 2.45) is 0 Å². The summed E-state index contributed by atoms with van der Waals surface area (Å²) in [6.07, 6.45) is 3.40. The fourth-order valence-corrected chi connectivity index (χ4v) is 0.357. The van der Waals surface area contributed by atoms with E-state index in [-0.39, 0.29) is 0 Å². The molecule has 2 nitrogen and oxygen atoms in total. The van der Waals surface area contributed by atoms with E-state index in [2.05, 4.69) is 10.2 Å². The van der Waals surface area contributed by atoms with Gasteiger partial charge in [-0.15, -0.1) is 0 Å². The number of nitrogens with zero attached hydrogens (tertiary/aromatic N) is 2. The zero-order valence-electron chi connectivity index (χ0n) is 8.13. The van der Waals surface area contributed by atoms with E-state index in [1.54, 1.807) is 12.4 Å². The Hall–Kier alpha value is -0.920. The van der Waals surface area contributed by atoms with E-state index in [1.807, 2.05) is 40.7 Å². The van der Waals surface area contributed by atoms with Crippen molar-refractivity contribution >= 4 is 0 Å². The third-order valence-corrected chi connectivity index (χ3v) is 0.732. The van der Waals surface area contributed by atoms with E-state index < -0.39 is 0 Å². The summed E-state index contributed by atoms with van der Waals surface area (Å²) in [5.74, 6) is 0. The van der Waals surface area contributed by atoms with E-state index in [1.165, 1.54) is 0 Å². The molecule has 0 spiro atoms. The van der Waals surface area contributed by atoms with E-state index in [0.29, 0.717) is 0 Å². The highest BCUT2D eigenvalue weighted by atomic mass is 15.1. The maximum Gasteiger partial charge on any atom is 0.0525 e. The Labute approximate surface area is 69.7 Å². The van der Waals surface area contributed by atoms with Gasteiger partial charge in [0.05, 0.1) is 6.20 Å². The summed E-state index contributed by atoms with van der Waals surface area (Å²) >= 11 is 0. The van der Waals surface area contributed by atoms with Gasteiger partial charge in [-0.1, -0.05) is 27.7 Å². The van der Waals surface area contributed by atoms with Crippen LogP contribution in [-0.2, 0) is 0 Å². The van der Waals surface area contributed by atoms with Crippen molar-refractivity contribution in [3.8, 4) is 0 Å². The molecular formula is C9H18N2. The maximum absolute atomic E-state index is 3.63. The van der Waals surface area contributed by atoms with Crippen molar-refractivity contribution in [3.05, 3.63) is 24.0 Å². The summed E-state index contributed by atoms with van der Waals surface area (Å²) < 4.78 is 0. The summed E-state index contributed by atoms with van der Waals surface area (Å²) in [5.41, 5.74) is 1.15. The molecule has 0 aromatic carbocycles. The van der Waals surface area contributed by atoms with Gasteiger partial charge in [-0.05, 0) is 18.6 Å². The van der Waals surface area contributed by atoms with Crippen LogP contribution >= 0.6 is 0 Å². The lowest BCUT2D eigenvalue weighted by molar-refractivity contribution is 1.01. The third kappa shape index (κ3) is 9.08. The quantitative estimate of drug-likeness (QED) is 0.574. The number of hydrogen-bond acceptors (Lipinski definition) is 2. The number of hydrogen-bond donors (Lipinski definition) is 0. The average molecular weight is 154 g/mol. The molecule has 0 aliphatic heterocycles. The van der Waals surface area contributed by atoms with Crippen molar-refractivity contribution in [2.45, 2.75) is 34.6 Å². The number of aryl methyl sites for hydroxylation is 1. The fourth-order valence-electron chi connectivity index (χ4n) is 0.357. The molecular weight excluding hydrogens is 136 g/mol. The summed E-state index contributed by atoms with van der Waals surface area (Å²) in [6.45, 7) is 9.98. The lowest BCUT2D eigenvalue weighted by Crippen LogP contribution is -1.76. The topological polar surface area (TPSA) is 25.8 Å². The largest absolute Gasteiger partial charge is 0.159 e. The van der Waals surface area contributed by atoms with Gasteiger partial charge in [0, 0.05) is 6.20 Å². The van der Waals surface area contributed by atoms with Crippen molar-refractivity contribution in [1.29, 1.82) is 0 Å². The molecule has 64 valence electrons. The van der Waals surface area contributed by atoms with Crippen LogP contribution in [0.1, 0.15) is 33.3 Å². The van der Waals surface area contributed by atoms with Crippen LogP contribution in [0.25, 0.3) is 0 Å². The molecule has 0 fully saturated rings. The Morgan fingerprint density at radius 3 is 1.73 bits per heavy atom. The van der Waals surface area contributed by atoms with Gasteiger partial charge in [-0.2, -0.15) is 10.2 Å². The second-order valence-electron chi connectivity index (χ2n) is 1.42. The molecule has 0 saturated heterocycles. The molecule has 1 aromatic rings. The highest BCUT2D eigenvalue weighted by Gasteiger charge is 1.74. The van der Waals surface area contributed by atoms with Gasteiger partial charge >= 0.3 is 0 Å². The molecule has 0 aliphatic carbocycles. The third-order valence-electron chi connectivity index (χ3n) is 0.732. The molecule has 0 aliphatic rings. The van der Waals surface area contributed by atoms with Crippen LogP contribution < -0.4 is 0 Å². The van der Waals surface area contributed by atoms with Crippen LogP contribution in [-0.4, -0.2) is 10.2 Å². The van der Waals surface area contributed by atoms with Crippen LogP contribution in [0.4, 0.5) is 0 Å². The summed E-state index contributed by atoms with van der Waals surface area (Å²) in [4.78, 5) is 0. The van der Waals surface area contributed by atoms with Crippen molar-refractivity contribution in [2.75, 3.05) is 0 Å². The summed E-state index contributed by atoms with van der Waals surface area (Å²) in [6, 6.07) is 1.91. The standard InChI is InChI=1S/C5H6N2.2C2H6/c1-5-2-3-6-7-4-5;2*1-2/h2-4H,1H3;2*1-2H3. The molecule has 0 amide bonds. The van der Waals surface area contributed by atoms with Gasteiger partial charge < -0.3 is 0 Å². The molecule has 0 N–H and O–H groups in total. The highest BCUT2D eigenvalue weighted by Crippen LogP contribution is 1.85. The molecule has 0 unspecified atom stereocenters. The molecule has 11 heavy (non-hydrogen) atoms. The van der Waals surface area contributed by atoms with Gasteiger partial charge in [-0.25, -0.2) is 0 Å². The lowest BCUT2D eigenvalue weighted by Gasteiger charge is -1.80. The van der Waals surface area contributed by atoms with E-state index in [9.17, 15) is 0 Å². The Morgan fingerprint density at radius 1 is 1.00 bits per heavy atom. The smallest absolute Gasteiger partial charge is 0.0525 e. The Kier molecular flexibility index (Phi) is 13.7. The summed E-state index contributed by atoms with van der Waals surface area (Å²) in [7, 11) is 0. The van der Waals surface area contributed by atoms with Gasteiger partial charge in [0.2, 0.25) is 0 Å². The molecule has 2 heteroatoms. The first-order valence-corrected chi connectivity index (χ1v) is 4.13. The average Bonchev–Trinajstić information content (AvgIpc) is 2.13. The normalized spacial score (nSPS) is 6.64. The second kappa shape index (κ2) is 11.8. The first kappa shape index (κ1) is 12.7. The highest BCUT2D eigenvalue weighted by molar-refractivity contribution is 5.00. The fraction of sp³-hybridized carbons (Fsp3) is 0.556. The van der Waals surface area contributed by atoms with E-state index in [0.717, 1.165) is 5.56 Å². The van der Waals surface area contributed by atoms with Crippen molar-refractivity contribution in [1.82, 2.24) is 10.2 Å². The Morgan fingerprint density at radius 2 is 1.55 bits per heavy atom. The van der Waals surface area contributed by atoms with Gasteiger partial charge in [-0.3, -0.25) is 0 Å². The van der Waals surface area contributed by atoms with Gasteiger partial charge in [0.15, 0.2) is 0 Å². The minimum Gasteiger partial charge on any atom is -0.159 e. The van der Waals surface area contributed by atoms with Gasteiger partial charge in [0.1, 0.15) is 0 Å². The van der Waals surface area contributed by atoms with Crippen LogP contribution in [0.2, 0.25) is 0 Å². The zero-order valence-corrected chi connectivity index (χ0v) is 8.13. The first-order valence-electron chi connectivity index (χ1n) is 4.13. The first-order chi connectivity index (χ1) is 5.39. The molecule has 1 aromatic heterocycles. The van der Waals surface area contributed by atoms with Crippen molar-refractivity contribution < 1.29 is 0 Å². The number of rotatable bonds is 0. The minimum absolute atomic E-state index is 1.15. The summed E-state index contributed by atoms with van der Waals surface area (Å²) in [5, 5.41) is 7.23. The SMILES string of the molecule is CC.CC.Cc1ccnnc1. The minimum atomic E-state index is 1.15. The second-order valence-corrected chi connectivity index (χ2v) is 1.42. The molecule has 0 saturated carbocycles. The molecule has 1 rings (SSSR count). The van der Waals surface area contributed by atoms with Crippen LogP contribution in [0.3, 0.4) is 0 Å². The van der Waals surface area contributed by atoms with Crippen LogP contribution in [0.15, 0.2) is 18.5 Å². The van der Waals surface area contributed by atoms with Gasteiger partial charge in [0.25, 0.3) is 0 Å². The zero-order chi connectivity index (χ0) is 9.11.